The van der Waals surface area contributed by atoms with Gasteiger partial charge in [0.1, 0.15) is 12.3 Å². The Morgan fingerprint density at radius 3 is 2.43 bits per heavy atom. The standard InChI is InChI=1S/C17H23NO5/c1-12(13-3-5-15(22-2)6-4-13)17(21)18(11-16(19)20)14-7-9-23-10-8-14/h3-6,12,14H,7-11H2,1-2H3,(H,19,20)/t12-/m1/s1. The van der Waals surface area contributed by atoms with Gasteiger partial charge >= 0.3 is 5.97 Å². The zero-order valence-electron chi connectivity index (χ0n) is 13.5. The van der Waals surface area contributed by atoms with E-state index in [0.717, 1.165) is 11.3 Å². The molecule has 23 heavy (non-hydrogen) atoms. The molecule has 6 heteroatoms. The number of carboxylic acid groups (broad SMARTS) is 1. The van der Waals surface area contributed by atoms with E-state index in [1.54, 1.807) is 26.2 Å². The predicted molar refractivity (Wildman–Crippen MR) is 84.6 cm³/mol. The summed E-state index contributed by atoms with van der Waals surface area (Å²) in [6.45, 7) is 2.65. The maximum absolute atomic E-state index is 12.8. The molecule has 0 aliphatic carbocycles. The van der Waals surface area contributed by atoms with Gasteiger partial charge in [0.15, 0.2) is 0 Å². The molecule has 1 N–H and O–H groups in total. The molecule has 0 radical (unpaired) electrons. The molecule has 1 aliphatic rings. The van der Waals surface area contributed by atoms with E-state index in [2.05, 4.69) is 0 Å². The van der Waals surface area contributed by atoms with Crippen LogP contribution in [0.5, 0.6) is 5.75 Å². The largest absolute Gasteiger partial charge is 0.497 e. The smallest absolute Gasteiger partial charge is 0.323 e. The molecule has 1 aliphatic heterocycles. The minimum Gasteiger partial charge on any atom is -0.497 e. The Morgan fingerprint density at radius 1 is 1.30 bits per heavy atom. The summed E-state index contributed by atoms with van der Waals surface area (Å²) in [5.74, 6) is -0.834. The Hall–Kier alpha value is -2.08. The van der Waals surface area contributed by atoms with Gasteiger partial charge in [-0.1, -0.05) is 12.1 Å². The number of carbonyl (C=O) groups excluding carboxylic acids is 1. The number of benzene rings is 1. The highest BCUT2D eigenvalue weighted by molar-refractivity contribution is 5.86. The predicted octanol–water partition coefficient (Wildman–Crippen LogP) is 1.89. The van der Waals surface area contributed by atoms with Crippen LogP contribution in [0.3, 0.4) is 0 Å². The number of ether oxygens (including phenoxy) is 2. The highest BCUT2D eigenvalue weighted by Crippen LogP contribution is 2.24. The number of carboxylic acids is 1. The van der Waals surface area contributed by atoms with E-state index in [1.165, 1.54) is 4.90 Å². The minimum absolute atomic E-state index is 0.0759. The fraction of sp³-hybridized carbons (Fsp3) is 0.529. The molecule has 0 spiro atoms. The molecule has 0 aromatic heterocycles. The average Bonchev–Trinajstić information content (AvgIpc) is 2.59. The second-order valence-electron chi connectivity index (χ2n) is 5.70. The van der Waals surface area contributed by atoms with Gasteiger partial charge in [-0.3, -0.25) is 9.59 Å². The maximum atomic E-state index is 12.8. The third-order valence-electron chi connectivity index (χ3n) is 4.21. The Labute approximate surface area is 136 Å². The monoisotopic (exact) mass is 321 g/mol. The Balaban J connectivity index is 2.15. The number of aliphatic carboxylic acids is 1. The summed E-state index contributed by atoms with van der Waals surface area (Å²) in [7, 11) is 1.59. The van der Waals surface area contributed by atoms with Gasteiger partial charge in [0.05, 0.1) is 13.0 Å². The molecule has 126 valence electrons. The van der Waals surface area contributed by atoms with E-state index < -0.39 is 11.9 Å². The van der Waals surface area contributed by atoms with Crippen molar-refractivity contribution in [3.63, 3.8) is 0 Å². The van der Waals surface area contributed by atoms with Gasteiger partial charge in [-0.25, -0.2) is 0 Å². The lowest BCUT2D eigenvalue weighted by molar-refractivity contribution is -0.148. The first-order valence-corrected chi connectivity index (χ1v) is 7.77. The van der Waals surface area contributed by atoms with Crippen molar-refractivity contribution in [2.45, 2.75) is 31.7 Å². The van der Waals surface area contributed by atoms with Crippen molar-refractivity contribution in [1.29, 1.82) is 0 Å². The SMILES string of the molecule is COc1ccc([C@@H](C)C(=O)N(CC(=O)O)C2CCOCC2)cc1. The van der Waals surface area contributed by atoms with Gasteiger partial charge in [-0.15, -0.1) is 0 Å². The summed E-state index contributed by atoms with van der Waals surface area (Å²) < 4.78 is 10.4. The zero-order valence-corrected chi connectivity index (χ0v) is 13.5. The van der Waals surface area contributed by atoms with Crippen molar-refractivity contribution in [3.8, 4) is 5.75 Å². The van der Waals surface area contributed by atoms with Crippen LogP contribution in [0.15, 0.2) is 24.3 Å². The van der Waals surface area contributed by atoms with E-state index in [9.17, 15) is 9.59 Å². The lowest BCUT2D eigenvalue weighted by Gasteiger charge is -2.35. The van der Waals surface area contributed by atoms with E-state index in [4.69, 9.17) is 14.6 Å². The van der Waals surface area contributed by atoms with Crippen LogP contribution in [-0.2, 0) is 14.3 Å². The van der Waals surface area contributed by atoms with E-state index in [1.807, 2.05) is 12.1 Å². The van der Waals surface area contributed by atoms with Crippen LogP contribution in [0.25, 0.3) is 0 Å². The van der Waals surface area contributed by atoms with Gasteiger partial charge in [-0.05, 0) is 37.5 Å². The normalized spacial score (nSPS) is 16.6. The van der Waals surface area contributed by atoms with Crippen LogP contribution in [0.4, 0.5) is 0 Å². The zero-order chi connectivity index (χ0) is 16.8. The molecule has 1 aromatic rings. The lowest BCUT2D eigenvalue weighted by Crippen LogP contribution is -2.47. The summed E-state index contributed by atoms with van der Waals surface area (Å²) in [6, 6.07) is 7.20. The number of methoxy groups -OCH3 is 1. The minimum atomic E-state index is -0.994. The van der Waals surface area contributed by atoms with Crippen LogP contribution in [0, 0.1) is 0 Å². The molecule has 1 atom stereocenters. The molecule has 1 saturated heterocycles. The van der Waals surface area contributed by atoms with Crippen molar-refractivity contribution in [2.75, 3.05) is 26.9 Å². The van der Waals surface area contributed by atoms with Gasteiger partial charge < -0.3 is 19.5 Å². The van der Waals surface area contributed by atoms with Gasteiger partial charge in [0, 0.05) is 19.3 Å². The molecule has 0 unspecified atom stereocenters. The van der Waals surface area contributed by atoms with Crippen molar-refractivity contribution in [1.82, 2.24) is 4.90 Å². The topological polar surface area (TPSA) is 76.1 Å². The summed E-state index contributed by atoms with van der Waals surface area (Å²) >= 11 is 0. The van der Waals surface area contributed by atoms with E-state index in [0.29, 0.717) is 26.1 Å². The lowest BCUT2D eigenvalue weighted by atomic mass is 9.97. The fourth-order valence-electron chi connectivity index (χ4n) is 2.81. The van der Waals surface area contributed by atoms with Crippen LogP contribution < -0.4 is 4.74 Å². The third kappa shape index (κ3) is 4.45. The second-order valence-corrected chi connectivity index (χ2v) is 5.70. The van der Waals surface area contributed by atoms with Crippen molar-refractivity contribution in [3.05, 3.63) is 29.8 Å². The molecule has 1 fully saturated rings. The first kappa shape index (κ1) is 17.3. The Bertz CT molecular complexity index is 536. The highest BCUT2D eigenvalue weighted by Gasteiger charge is 2.30. The summed E-state index contributed by atoms with van der Waals surface area (Å²) in [5.41, 5.74) is 0.846. The van der Waals surface area contributed by atoms with Gasteiger partial charge in [0.2, 0.25) is 5.91 Å². The Kier molecular flexibility index (Phi) is 5.98. The number of carbonyl (C=O) groups is 2. The molecule has 0 saturated carbocycles. The summed E-state index contributed by atoms with van der Waals surface area (Å²) in [6.07, 6.45) is 1.35. The second kappa shape index (κ2) is 7.97. The third-order valence-corrected chi connectivity index (χ3v) is 4.21. The molecule has 2 rings (SSSR count). The number of hydrogen-bond donors (Lipinski definition) is 1. The molecular formula is C17H23NO5. The van der Waals surface area contributed by atoms with Crippen LogP contribution in [-0.4, -0.2) is 54.8 Å². The van der Waals surface area contributed by atoms with Crippen LogP contribution in [0.1, 0.15) is 31.2 Å². The van der Waals surface area contributed by atoms with E-state index in [-0.39, 0.29) is 18.5 Å². The van der Waals surface area contributed by atoms with Crippen molar-refractivity contribution >= 4 is 11.9 Å². The van der Waals surface area contributed by atoms with Gasteiger partial charge in [0.25, 0.3) is 0 Å². The van der Waals surface area contributed by atoms with Crippen LogP contribution in [0.2, 0.25) is 0 Å². The quantitative estimate of drug-likeness (QED) is 0.866. The highest BCUT2D eigenvalue weighted by atomic mass is 16.5. The number of amides is 1. The first-order valence-electron chi connectivity index (χ1n) is 7.77. The summed E-state index contributed by atoms with van der Waals surface area (Å²) in [4.78, 5) is 25.5. The Morgan fingerprint density at radius 2 is 1.91 bits per heavy atom. The number of nitrogens with zero attached hydrogens (tertiary/aromatic N) is 1. The van der Waals surface area contributed by atoms with Crippen molar-refractivity contribution in [2.24, 2.45) is 0 Å². The molecule has 0 bridgehead atoms. The number of hydrogen-bond acceptors (Lipinski definition) is 4. The molecule has 1 aromatic carbocycles. The van der Waals surface area contributed by atoms with Crippen molar-refractivity contribution < 1.29 is 24.2 Å². The molecule has 1 heterocycles. The first-order chi connectivity index (χ1) is 11.0. The molecule has 6 nitrogen and oxygen atoms in total. The van der Waals surface area contributed by atoms with E-state index >= 15 is 0 Å². The number of rotatable bonds is 6. The molecular weight excluding hydrogens is 298 g/mol. The summed E-state index contributed by atoms with van der Waals surface area (Å²) in [5, 5.41) is 9.14. The fourth-order valence-corrected chi connectivity index (χ4v) is 2.81. The maximum Gasteiger partial charge on any atom is 0.323 e. The molecule has 1 amide bonds. The van der Waals surface area contributed by atoms with Crippen LogP contribution >= 0.6 is 0 Å². The van der Waals surface area contributed by atoms with Gasteiger partial charge in [-0.2, -0.15) is 0 Å². The average molecular weight is 321 g/mol.